The summed E-state index contributed by atoms with van der Waals surface area (Å²) in [6, 6.07) is 0. The van der Waals surface area contributed by atoms with E-state index in [0.29, 0.717) is 36.2 Å². The van der Waals surface area contributed by atoms with Crippen molar-refractivity contribution >= 4 is 17.7 Å². The highest BCUT2D eigenvalue weighted by atomic mass is 16.5. The van der Waals surface area contributed by atoms with E-state index in [0.717, 1.165) is 44.9 Å². The largest absolute Gasteiger partial charge is 0.481 e. The number of aliphatic carboxylic acids is 1. The lowest BCUT2D eigenvalue weighted by Gasteiger charge is -2.58. The maximum Gasteiger partial charge on any atom is 0.306 e. The molecule has 5 heteroatoms. The van der Waals surface area contributed by atoms with Crippen molar-refractivity contribution in [2.45, 2.75) is 85.5 Å². The normalized spacial score (nSPS) is 38.2. The van der Waals surface area contributed by atoms with Gasteiger partial charge in [0.15, 0.2) is 5.78 Å². The lowest BCUT2D eigenvalue weighted by atomic mass is 9.47. The third-order valence-corrected chi connectivity index (χ3v) is 10.3. The fraction of sp³-hybridized carbons (Fsp3) is 0.759. The molecule has 0 saturated heterocycles. The van der Waals surface area contributed by atoms with Crippen molar-refractivity contribution in [3.05, 3.63) is 23.8 Å². The number of ketones is 1. The van der Waals surface area contributed by atoms with Gasteiger partial charge in [-0.1, -0.05) is 45.3 Å². The summed E-state index contributed by atoms with van der Waals surface area (Å²) in [5.41, 5.74) is 1.31. The molecule has 0 aromatic heterocycles. The highest BCUT2D eigenvalue weighted by Gasteiger charge is 2.61. The molecule has 1 unspecified atom stereocenters. The summed E-state index contributed by atoms with van der Waals surface area (Å²) in [7, 11) is 0. The number of ether oxygens (including phenoxy) is 1. The van der Waals surface area contributed by atoms with Crippen LogP contribution in [0.2, 0.25) is 0 Å². The Morgan fingerprint density at radius 2 is 1.91 bits per heavy atom. The maximum absolute atomic E-state index is 12.0. The van der Waals surface area contributed by atoms with Crippen LogP contribution >= 0.6 is 0 Å². The molecule has 0 spiro atoms. The Morgan fingerprint density at radius 1 is 1.15 bits per heavy atom. The molecule has 4 aliphatic rings. The van der Waals surface area contributed by atoms with E-state index < -0.39 is 5.97 Å². The molecule has 5 nitrogen and oxygen atoms in total. The van der Waals surface area contributed by atoms with Gasteiger partial charge in [0.05, 0.1) is 12.5 Å². The minimum atomic E-state index is -0.712. The van der Waals surface area contributed by atoms with Crippen LogP contribution in [0.15, 0.2) is 23.8 Å². The Balaban J connectivity index is 1.55. The van der Waals surface area contributed by atoms with Gasteiger partial charge in [0.1, 0.15) is 0 Å². The van der Waals surface area contributed by atoms with Crippen LogP contribution in [0.4, 0.5) is 0 Å². The van der Waals surface area contributed by atoms with Crippen LogP contribution in [0.1, 0.15) is 85.5 Å². The van der Waals surface area contributed by atoms with Crippen molar-refractivity contribution in [2.75, 3.05) is 6.61 Å². The number of carbonyl (C=O) groups excluding carboxylic acids is 2. The number of carboxylic acids is 1. The minimum absolute atomic E-state index is 0.0243. The molecule has 8 atom stereocenters. The number of hydrogen-bond acceptors (Lipinski definition) is 4. The van der Waals surface area contributed by atoms with Gasteiger partial charge in [-0.3, -0.25) is 14.4 Å². The van der Waals surface area contributed by atoms with Gasteiger partial charge >= 0.3 is 11.9 Å². The number of hydrogen-bond donors (Lipinski definition) is 1. The van der Waals surface area contributed by atoms with Gasteiger partial charge in [-0.2, -0.15) is 0 Å². The van der Waals surface area contributed by atoms with Crippen LogP contribution in [0.25, 0.3) is 0 Å². The minimum Gasteiger partial charge on any atom is -0.481 e. The number of carbonyl (C=O) groups is 3. The quantitative estimate of drug-likeness (QED) is 0.441. The second kappa shape index (κ2) is 9.62. The monoisotopic (exact) mass is 470 g/mol. The molecule has 1 N–H and O–H groups in total. The average Bonchev–Trinajstić information content (AvgIpc) is 3.18. The molecule has 0 aromatic carbocycles. The fourth-order valence-electron chi connectivity index (χ4n) is 8.49. The molecule has 3 fully saturated rings. The van der Waals surface area contributed by atoms with Gasteiger partial charge < -0.3 is 9.84 Å². The molecule has 0 aromatic rings. The molecule has 0 amide bonds. The van der Waals surface area contributed by atoms with Gasteiger partial charge in [0, 0.05) is 17.8 Å². The van der Waals surface area contributed by atoms with E-state index >= 15 is 0 Å². The van der Waals surface area contributed by atoms with Crippen molar-refractivity contribution in [2.24, 2.45) is 46.3 Å². The van der Waals surface area contributed by atoms with Crippen LogP contribution < -0.4 is 0 Å². The Morgan fingerprint density at radius 3 is 2.62 bits per heavy atom. The number of allylic oxidation sites excluding steroid dienone is 4. The maximum atomic E-state index is 12.0. The first-order chi connectivity index (χ1) is 16.1. The van der Waals surface area contributed by atoms with Gasteiger partial charge in [-0.05, 0) is 86.7 Å². The van der Waals surface area contributed by atoms with E-state index in [1.165, 1.54) is 25.3 Å². The number of fused-ring (bicyclic) bond motifs is 5. The van der Waals surface area contributed by atoms with Crippen molar-refractivity contribution in [1.29, 1.82) is 0 Å². The molecule has 0 bridgehead atoms. The van der Waals surface area contributed by atoms with Crippen molar-refractivity contribution in [3.8, 4) is 0 Å². The Bertz CT molecular complexity index is 887. The van der Waals surface area contributed by atoms with Crippen LogP contribution in [-0.4, -0.2) is 29.4 Å². The first kappa shape index (κ1) is 25.2. The van der Waals surface area contributed by atoms with E-state index in [1.54, 1.807) is 13.0 Å². The molecule has 188 valence electrons. The summed E-state index contributed by atoms with van der Waals surface area (Å²) in [6.07, 6.45) is 15.1. The predicted octanol–water partition coefficient (Wildman–Crippen LogP) is 5.98. The fourth-order valence-corrected chi connectivity index (χ4v) is 8.49. The first-order valence-electron chi connectivity index (χ1n) is 13.4. The Kier molecular flexibility index (Phi) is 7.13. The highest BCUT2D eigenvalue weighted by Crippen LogP contribution is 2.67. The standard InChI is InChI=1S/C29H42O5/c1-18(6-5-7-19(2)27(32)33)24-10-11-26-23-9-8-21-16-22(31)12-14-28(21,4)25(23)13-15-29(24,26)17-34-20(3)30/h12,14,16,18-19,23-26H,5-11,13,15,17H2,1-4H3,(H,32,33)/t18-,19?,23-,24-,25+,26+,28+,29+/m1/s1. The van der Waals surface area contributed by atoms with E-state index in [1.807, 2.05) is 6.08 Å². The summed E-state index contributed by atoms with van der Waals surface area (Å²) in [5.74, 6) is 1.58. The van der Waals surface area contributed by atoms with Crippen LogP contribution in [-0.2, 0) is 19.1 Å². The van der Waals surface area contributed by atoms with E-state index in [2.05, 4.69) is 19.9 Å². The lowest BCUT2D eigenvalue weighted by molar-refractivity contribution is -0.153. The SMILES string of the molecule is CC(=O)OC[C@]12CC[C@H]3[C@@H](CCC4=CC(=O)C=C[C@@]43C)[C@@H]1CC[C@@H]2[C@H](C)CCCC(C)C(=O)O. The molecule has 4 rings (SSSR count). The Hall–Kier alpha value is -1.91. The van der Waals surface area contributed by atoms with Crippen molar-refractivity contribution in [3.63, 3.8) is 0 Å². The summed E-state index contributed by atoms with van der Waals surface area (Å²) in [4.78, 5) is 35.1. The van der Waals surface area contributed by atoms with Crippen molar-refractivity contribution < 1.29 is 24.2 Å². The molecule has 4 aliphatic carbocycles. The lowest BCUT2D eigenvalue weighted by Crippen LogP contribution is -2.53. The summed E-state index contributed by atoms with van der Waals surface area (Å²) in [5, 5.41) is 9.23. The van der Waals surface area contributed by atoms with Crippen LogP contribution in [0, 0.1) is 46.3 Å². The van der Waals surface area contributed by atoms with Gasteiger partial charge in [0.25, 0.3) is 0 Å². The third-order valence-electron chi connectivity index (χ3n) is 10.3. The number of carboxylic acid groups (broad SMARTS) is 1. The topological polar surface area (TPSA) is 80.7 Å². The van der Waals surface area contributed by atoms with Crippen LogP contribution in [0.3, 0.4) is 0 Å². The zero-order valence-corrected chi connectivity index (χ0v) is 21.3. The van der Waals surface area contributed by atoms with E-state index in [9.17, 15) is 19.5 Å². The number of esters is 1. The average molecular weight is 471 g/mol. The zero-order chi connectivity index (χ0) is 24.7. The zero-order valence-electron chi connectivity index (χ0n) is 21.3. The molecule has 0 radical (unpaired) electrons. The van der Waals surface area contributed by atoms with Gasteiger partial charge in [-0.15, -0.1) is 0 Å². The van der Waals surface area contributed by atoms with Gasteiger partial charge in [0.2, 0.25) is 0 Å². The van der Waals surface area contributed by atoms with E-state index in [-0.39, 0.29) is 28.5 Å². The molecule has 0 aliphatic heterocycles. The Labute approximate surface area is 204 Å². The molecule has 34 heavy (non-hydrogen) atoms. The molecule has 0 heterocycles. The van der Waals surface area contributed by atoms with Crippen LogP contribution in [0.5, 0.6) is 0 Å². The second-order valence-electron chi connectivity index (χ2n) is 12.0. The molecule has 3 saturated carbocycles. The van der Waals surface area contributed by atoms with Crippen molar-refractivity contribution in [1.82, 2.24) is 0 Å². The molecular formula is C29H42O5. The second-order valence-corrected chi connectivity index (χ2v) is 12.0. The van der Waals surface area contributed by atoms with Gasteiger partial charge in [-0.25, -0.2) is 0 Å². The number of rotatable bonds is 8. The third kappa shape index (κ3) is 4.40. The predicted molar refractivity (Wildman–Crippen MR) is 131 cm³/mol. The summed E-state index contributed by atoms with van der Waals surface area (Å²) in [6.45, 7) is 8.49. The molecular weight excluding hydrogens is 428 g/mol. The summed E-state index contributed by atoms with van der Waals surface area (Å²) < 4.78 is 5.78. The smallest absolute Gasteiger partial charge is 0.306 e. The van der Waals surface area contributed by atoms with E-state index in [4.69, 9.17) is 4.74 Å². The summed E-state index contributed by atoms with van der Waals surface area (Å²) >= 11 is 0. The highest BCUT2D eigenvalue weighted by molar-refractivity contribution is 6.01. The first-order valence-corrected chi connectivity index (χ1v) is 13.4.